The van der Waals surface area contributed by atoms with Crippen LogP contribution in [0.2, 0.25) is 0 Å². The van der Waals surface area contributed by atoms with Crippen LogP contribution in [0.1, 0.15) is 36.5 Å². The molecule has 0 fully saturated rings. The standard InChI is InChI=1S/C25H27N5O/c1-4-20-21(5-2)26-15-27-25(20)30-10-11-31-24-9-7-17(12-19(24)14-30)18-6-8-22-23(13-18)29-16(3)28-22/h6-9,12-13,15H,4-5,10-11,14H2,1-3H3,(H,28,29). The van der Waals surface area contributed by atoms with Crippen LogP contribution in [0.4, 0.5) is 5.82 Å². The number of aromatic amines is 1. The van der Waals surface area contributed by atoms with Crippen LogP contribution in [0.3, 0.4) is 0 Å². The molecule has 0 aliphatic carbocycles. The molecule has 0 saturated heterocycles. The lowest BCUT2D eigenvalue weighted by molar-refractivity contribution is 0.331. The Morgan fingerprint density at radius 3 is 2.71 bits per heavy atom. The molecule has 6 nitrogen and oxygen atoms in total. The van der Waals surface area contributed by atoms with Crippen molar-refractivity contribution in [1.82, 2.24) is 19.9 Å². The zero-order chi connectivity index (χ0) is 21.4. The molecule has 2 aromatic carbocycles. The molecular weight excluding hydrogens is 386 g/mol. The van der Waals surface area contributed by atoms with Crippen molar-refractivity contribution in [1.29, 1.82) is 0 Å². The summed E-state index contributed by atoms with van der Waals surface area (Å²) in [6, 6.07) is 12.8. The summed E-state index contributed by atoms with van der Waals surface area (Å²) < 4.78 is 6.09. The lowest BCUT2D eigenvalue weighted by atomic mass is 10.0. The second-order valence-electron chi connectivity index (χ2n) is 7.98. The first kappa shape index (κ1) is 19.5. The molecule has 6 heteroatoms. The smallest absolute Gasteiger partial charge is 0.135 e. The first-order chi connectivity index (χ1) is 15.2. The van der Waals surface area contributed by atoms with Crippen LogP contribution in [0.5, 0.6) is 5.75 Å². The summed E-state index contributed by atoms with van der Waals surface area (Å²) in [6.45, 7) is 8.51. The summed E-state index contributed by atoms with van der Waals surface area (Å²) in [7, 11) is 0. The number of nitrogens with zero attached hydrogens (tertiary/aromatic N) is 4. The Morgan fingerprint density at radius 1 is 1.03 bits per heavy atom. The average molecular weight is 414 g/mol. The predicted octanol–water partition coefficient (Wildman–Crippen LogP) is 4.85. The normalized spacial score (nSPS) is 13.7. The van der Waals surface area contributed by atoms with Crippen molar-refractivity contribution in [3.8, 4) is 16.9 Å². The van der Waals surface area contributed by atoms with Gasteiger partial charge in [-0.2, -0.15) is 0 Å². The Balaban J connectivity index is 1.52. The fraction of sp³-hybridized carbons (Fsp3) is 0.320. The van der Waals surface area contributed by atoms with E-state index in [-0.39, 0.29) is 0 Å². The van der Waals surface area contributed by atoms with Gasteiger partial charge in [-0.15, -0.1) is 0 Å². The van der Waals surface area contributed by atoms with Gasteiger partial charge in [0.25, 0.3) is 0 Å². The van der Waals surface area contributed by atoms with Crippen molar-refractivity contribution in [2.45, 2.75) is 40.2 Å². The van der Waals surface area contributed by atoms with Gasteiger partial charge in [-0.1, -0.05) is 26.0 Å². The summed E-state index contributed by atoms with van der Waals surface area (Å²) in [5.41, 5.74) is 7.94. The first-order valence-corrected chi connectivity index (χ1v) is 11.0. The fourth-order valence-electron chi connectivity index (χ4n) is 4.45. The predicted molar refractivity (Wildman–Crippen MR) is 124 cm³/mol. The van der Waals surface area contributed by atoms with E-state index in [1.165, 1.54) is 22.3 Å². The minimum atomic E-state index is 0.639. The number of anilines is 1. The van der Waals surface area contributed by atoms with Gasteiger partial charge in [0.15, 0.2) is 0 Å². The van der Waals surface area contributed by atoms with E-state index in [2.05, 4.69) is 75.1 Å². The number of hydrogen-bond acceptors (Lipinski definition) is 5. The molecule has 0 amide bonds. The molecule has 31 heavy (non-hydrogen) atoms. The number of H-pyrrole nitrogens is 1. The zero-order valence-corrected chi connectivity index (χ0v) is 18.3. The largest absolute Gasteiger partial charge is 0.491 e. The second-order valence-corrected chi connectivity index (χ2v) is 7.98. The van der Waals surface area contributed by atoms with E-state index in [9.17, 15) is 0 Å². The molecule has 0 atom stereocenters. The molecule has 5 rings (SSSR count). The Hall–Kier alpha value is -3.41. The van der Waals surface area contributed by atoms with Crippen LogP contribution in [0.15, 0.2) is 42.7 Å². The van der Waals surface area contributed by atoms with Crippen LogP contribution in [0, 0.1) is 6.92 Å². The van der Waals surface area contributed by atoms with E-state index in [4.69, 9.17) is 4.74 Å². The SMILES string of the molecule is CCc1ncnc(N2CCOc3ccc(-c4ccc5nc(C)[nH]c5c4)cc3C2)c1CC. The maximum Gasteiger partial charge on any atom is 0.135 e. The summed E-state index contributed by atoms with van der Waals surface area (Å²) in [5.74, 6) is 2.92. The summed E-state index contributed by atoms with van der Waals surface area (Å²) >= 11 is 0. The van der Waals surface area contributed by atoms with E-state index in [0.29, 0.717) is 6.61 Å². The minimum absolute atomic E-state index is 0.639. The van der Waals surface area contributed by atoms with Gasteiger partial charge in [-0.05, 0) is 55.2 Å². The molecule has 1 N–H and O–H groups in total. The number of imidazole rings is 1. The van der Waals surface area contributed by atoms with E-state index in [1.54, 1.807) is 6.33 Å². The molecule has 1 aliphatic heterocycles. The number of aromatic nitrogens is 4. The average Bonchev–Trinajstić information content (AvgIpc) is 3.04. The third-order valence-corrected chi connectivity index (χ3v) is 5.97. The first-order valence-electron chi connectivity index (χ1n) is 11.0. The van der Waals surface area contributed by atoms with Gasteiger partial charge in [-0.25, -0.2) is 15.0 Å². The van der Waals surface area contributed by atoms with Crippen molar-refractivity contribution in [2.24, 2.45) is 0 Å². The summed E-state index contributed by atoms with van der Waals surface area (Å²) in [4.78, 5) is 19.3. The maximum atomic E-state index is 6.09. The molecule has 2 aromatic heterocycles. The van der Waals surface area contributed by atoms with E-state index in [0.717, 1.165) is 60.1 Å². The van der Waals surface area contributed by atoms with Crippen molar-refractivity contribution in [3.63, 3.8) is 0 Å². The number of aryl methyl sites for hydroxylation is 2. The number of nitrogens with one attached hydrogen (secondary N) is 1. The highest BCUT2D eigenvalue weighted by Crippen LogP contribution is 2.32. The molecule has 0 bridgehead atoms. The third-order valence-electron chi connectivity index (χ3n) is 5.97. The Bertz CT molecular complexity index is 1250. The molecule has 158 valence electrons. The van der Waals surface area contributed by atoms with Gasteiger partial charge in [0.05, 0.1) is 17.6 Å². The van der Waals surface area contributed by atoms with Crippen molar-refractivity contribution in [3.05, 3.63) is 65.4 Å². The van der Waals surface area contributed by atoms with Crippen LogP contribution in [-0.4, -0.2) is 33.1 Å². The van der Waals surface area contributed by atoms with Gasteiger partial charge >= 0.3 is 0 Å². The van der Waals surface area contributed by atoms with E-state index in [1.807, 2.05) is 6.92 Å². The topological polar surface area (TPSA) is 66.9 Å². The second kappa shape index (κ2) is 8.02. The van der Waals surface area contributed by atoms with E-state index < -0.39 is 0 Å². The van der Waals surface area contributed by atoms with Gasteiger partial charge in [0, 0.05) is 23.4 Å². The van der Waals surface area contributed by atoms with Crippen LogP contribution in [0.25, 0.3) is 22.2 Å². The Kier molecular flexibility index (Phi) is 5.06. The molecule has 0 unspecified atom stereocenters. The van der Waals surface area contributed by atoms with Crippen LogP contribution < -0.4 is 9.64 Å². The summed E-state index contributed by atoms with van der Waals surface area (Å²) in [6.07, 6.45) is 3.53. The van der Waals surface area contributed by atoms with Gasteiger partial charge in [0.2, 0.25) is 0 Å². The van der Waals surface area contributed by atoms with Crippen molar-refractivity contribution in [2.75, 3.05) is 18.1 Å². The number of benzene rings is 2. The quantitative estimate of drug-likeness (QED) is 0.518. The van der Waals surface area contributed by atoms with Gasteiger partial charge in [-0.3, -0.25) is 0 Å². The lowest BCUT2D eigenvalue weighted by Gasteiger charge is -2.24. The molecular formula is C25H27N5O. The number of fused-ring (bicyclic) bond motifs is 2. The monoisotopic (exact) mass is 413 g/mol. The fourth-order valence-corrected chi connectivity index (χ4v) is 4.45. The molecule has 0 saturated carbocycles. The lowest BCUT2D eigenvalue weighted by Crippen LogP contribution is -2.28. The Labute approximate surface area is 182 Å². The number of ether oxygens (including phenoxy) is 1. The zero-order valence-electron chi connectivity index (χ0n) is 18.3. The van der Waals surface area contributed by atoms with Gasteiger partial charge < -0.3 is 14.6 Å². The maximum absolute atomic E-state index is 6.09. The van der Waals surface area contributed by atoms with Crippen molar-refractivity contribution >= 4 is 16.9 Å². The minimum Gasteiger partial charge on any atom is -0.491 e. The van der Waals surface area contributed by atoms with Crippen LogP contribution in [-0.2, 0) is 19.4 Å². The Morgan fingerprint density at radius 2 is 1.87 bits per heavy atom. The molecule has 0 radical (unpaired) electrons. The third kappa shape index (κ3) is 3.63. The molecule has 3 heterocycles. The van der Waals surface area contributed by atoms with E-state index >= 15 is 0 Å². The molecule has 1 aliphatic rings. The highest BCUT2D eigenvalue weighted by atomic mass is 16.5. The number of rotatable bonds is 4. The van der Waals surface area contributed by atoms with Gasteiger partial charge in [0.1, 0.15) is 30.3 Å². The summed E-state index contributed by atoms with van der Waals surface area (Å²) in [5, 5.41) is 0. The van der Waals surface area contributed by atoms with Crippen molar-refractivity contribution < 1.29 is 4.74 Å². The molecule has 4 aromatic rings. The highest BCUT2D eigenvalue weighted by Gasteiger charge is 2.21. The van der Waals surface area contributed by atoms with Crippen LogP contribution >= 0.6 is 0 Å². The highest BCUT2D eigenvalue weighted by molar-refractivity contribution is 5.82. The molecule has 0 spiro atoms. The number of hydrogen-bond donors (Lipinski definition) is 1.